The van der Waals surface area contributed by atoms with Gasteiger partial charge in [0.25, 0.3) is 5.91 Å². The topological polar surface area (TPSA) is 38.1 Å². The molecule has 2 heterocycles. The molecule has 0 spiro atoms. The number of carbonyl (C=O) groups is 1. The summed E-state index contributed by atoms with van der Waals surface area (Å²) in [6.45, 7) is 6.35. The summed E-state index contributed by atoms with van der Waals surface area (Å²) in [5.74, 6) is 0.0843. The Bertz CT molecular complexity index is 620. The van der Waals surface area contributed by atoms with Crippen LogP contribution in [0.3, 0.4) is 0 Å². The molecule has 2 aromatic rings. The molecule has 20 heavy (non-hydrogen) atoms. The molecule has 0 saturated carbocycles. The van der Waals surface area contributed by atoms with Gasteiger partial charge in [-0.25, -0.2) is 0 Å². The van der Waals surface area contributed by atoms with Crippen LogP contribution < -0.4 is 0 Å². The summed E-state index contributed by atoms with van der Waals surface area (Å²) in [6.07, 6.45) is 2.72. The third-order valence-corrected chi connectivity index (χ3v) is 3.90. The van der Waals surface area contributed by atoms with Gasteiger partial charge < -0.3 is 4.90 Å². The summed E-state index contributed by atoms with van der Waals surface area (Å²) in [5.41, 5.74) is 4.19. The average Bonchev–Trinajstić information content (AvgIpc) is 3.03. The van der Waals surface area contributed by atoms with E-state index in [1.54, 1.807) is 6.20 Å². The fraction of sp³-hybridized carbons (Fsp3) is 0.375. The maximum Gasteiger partial charge on any atom is 0.257 e. The van der Waals surface area contributed by atoms with E-state index in [2.05, 4.69) is 24.2 Å². The van der Waals surface area contributed by atoms with Crippen molar-refractivity contribution < 1.29 is 4.79 Å². The number of hydrogen-bond acceptors (Lipinski definition) is 2. The van der Waals surface area contributed by atoms with Crippen LogP contribution in [-0.2, 0) is 19.6 Å². The lowest BCUT2D eigenvalue weighted by molar-refractivity contribution is 0.0750. The number of fused-ring (bicyclic) bond motifs is 1. The van der Waals surface area contributed by atoms with Gasteiger partial charge in [-0.3, -0.25) is 9.48 Å². The summed E-state index contributed by atoms with van der Waals surface area (Å²) >= 11 is 0. The first-order valence-corrected chi connectivity index (χ1v) is 7.09. The highest BCUT2D eigenvalue weighted by Crippen LogP contribution is 2.24. The first-order chi connectivity index (χ1) is 9.70. The SMILES string of the molecule is CCCn1ncc(C(=O)N2Cc3ccccc3C2)c1C. The van der Waals surface area contributed by atoms with Gasteiger partial charge in [0.2, 0.25) is 0 Å². The summed E-state index contributed by atoms with van der Waals surface area (Å²) in [7, 11) is 0. The van der Waals surface area contributed by atoms with Gasteiger partial charge in [0.1, 0.15) is 0 Å². The average molecular weight is 269 g/mol. The number of aromatic nitrogens is 2. The third-order valence-electron chi connectivity index (χ3n) is 3.90. The Hall–Kier alpha value is -2.10. The number of hydrogen-bond donors (Lipinski definition) is 0. The monoisotopic (exact) mass is 269 g/mol. The maximum atomic E-state index is 12.6. The Morgan fingerprint density at radius 2 is 1.90 bits per heavy atom. The van der Waals surface area contributed by atoms with E-state index in [-0.39, 0.29) is 5.91 Å². The fourth-order valence-corrected chi connectivity index (χ4v) is 2.74. The first kappa shape index (κ1) is 12.9. The van der Waals surface area contributed by atoms with Crippen LogP contribution in [0.5, 0.6) is 0 Å². The van der Waals surface area contributed by atoms with Crippen LogP contribution in [0.1, 0.15) is 40.5 Å². The standard InChI is InChI=1S/C16H19N3O/c1-3-8-19-12(2)15(9-17-19)16(20)18-10-13-6-4-5-7-14(13)11-18/h4-7,9H,3,8,10-11H2,1-2H3. The van der Waals surface area contributed by atoms with E-state index in [1.165, 1.54) is 11.1 Å². The Morgan fingerprint density at radius 1 is 1.25 bits per heavy atom. The van der Waals surface area contributed by atoms with Crippen molar-refractivity contribution in [1.29, 1.82) is 0 Å². The molecule has 1 aromatic carbocycles. The lowest BCUT2D eigenvalue weighted by Crippen LogP contribution is -2.25. The predicted molar refractivity (Wildman–Crippen MR) is 77.3 cm³/mol. The van der Waals surface area contributed by atoms with Gasteiger partial charge in [-0.1, -0.05) is 31.2 Å². The second kappa shape index (κ2) is 5.12. The molecular weight excluding hydrogens is 250 g/mol. The molecular formula is C16H19N3O. The van der Waals surface area contributed by atoms with Crippen molar-refractivity contribution in [2.24, 2.45) is 0 Å². The van der Waals surface area contributed by atoms with Gasteiger partial charge in [-0.15, -0.1) is 0 Å². The lowest BCUT2D eigenvalue weighted by atomic mass is 10.1. The van der Waals surface area contributed by atoms with E-state index >= 15 is 0 Å². The zero-order chi connectivity index (χ0) is 14.1. The van der Waals surface area contributed by atoms with E-state index in [9.17, 15) is 4.79 Å². The Balaban J connectivity index is 1.81. The van der Waals surface area contributed by atoms with Crippen LogP contribution in [0.15, 0.2) is 30.5 Å². The Morgan fingerprint density at radius 3 is 2.50 bits per heavy atom. The van der Waals surface area contributed by atoms with Gasteiger partial charge in [0.05, 0.1) is 11.8 Å². The van der Waals surface area contributed by atoms with Crippen molar-refractivity contribution in [1.82, 2.24) is 14.7 Å². The second-order valence-electron chi connectivity index (χ2n) is 5.30. The highest BCUT2D eigenvalue weighted by molar-refractivity contribution is 5.95. The third kappa shape index (κ3) is 2.11. The van der Waals surface area contributed by atoms with Crippen molar-refractivity contribution in [3.63, 3.8) is 0 Å². The van der Waals surface area contributed by atoms with E-state index in [1.807, 2.05) is 28.6 Å². The molecule has 0 aliphatic carbocycles. The summed E-state index contributed by atoms with van der Waals surface area (Å²) in [6, 6.07) is 8.24. The van der Waals surface area contributed by atoms with E-state index < -0.39 is 0 Å². The molecule has 0 unspecified atom stereocenters. The predicted octanol–water partition coefficient (Wildman–Crippen LogP) is 2.76. The number of aryl methyl sites for hydroxylation is 1. The molecule has 1 aliphatic rings. The normalized spacial score (nSPS) is 13.6. The second-order valence-corrected chi connectivity index (χ2v) is 5.30. The largest absolute Gasteiger partial charge is 0.330 e. The Labute approximate surface area is 119 Å². The van der Waals surface area contributed by atoms with E-state index in [4.69, 9.17) is 0 Å². The zero-order valence-electron chi connectivity index (χ0n) is 12.0. The van der Waals surface area contributed by atoms with Gasteiger partial charge in [0.15, 0.2) is 0 Å². The number of rotatable bonds is 3. The molecule has 0 atom stereocenters. The highest BCUT2D eigenvalue weighted by atomic mass is 16.2. The zero-order valence-corrected chi connectivity index (χ0v) is 12.0. The molecule has 3 rings (SSSR count). The van der Waals surface area contributed by atoms with Crippen molar-refractivity contribution in [3.05, 3.63) is 52.8 Å². The summed E-state index contributed by atoms with van der Waals surface area (Å²) in [4.78, 5) is 14.5. The van der Waals surface area contributed by atoms with Gasteiger partial charge in [-0.2, -0.15) is 5.10 Å². The van der Waals surface area contributed by atoms with Crippen LogP contribution in [0.2, 0.25) is 0 Å². The molecule has 1 aliphatic heterocycles. The van der Waals surface area contributed by atoms with Crippen molar-refractivity contribution in [3.8, 4) is 0 Å². The summed E-state index contributed by atoms with van der Waals surface area (Å²) in [5, 5.41) is 4.32. The molecule has 4 heteroatoms. The Kier molecular flexibility index (Phi) is 3.30. The maximum absolute atomic E-state index is 12.6. The first-order valence-electron chi connectivity index (χ1n) is 7.09. The van der Waals surface area contributed by atoms with E-state index in [0.717, 1.165) is 24.2 Å². The molecule has 1 aromatic heterocycles. The highest BCUT2D eigenvalue weighted by Gasteiger charge is 2.26. The molecule has 0 fully saturated rings. The summed E-state index contributed by atoms with van der Waals surface area (Å²) < 4.78 is 1.91. The number of carbonyl (C=O) groups excluding carboxylic acids is 1. The van der Waals surface area contributed by atoms with Gasteiger partial charge in [0, 0.05) is 25.3 Å². The minimum atomic E-state index is 0.0843. The minimum absolute atomic E-state index is 0.0843. The molecule has 104 valence electrons. The van der Waals surface area contributed by atoms with Crippen LogP contribution in [0.4, 0.5) is 0 Å². The van der Waals surface area contributed by atoms with Crippen LogP contribution in [0, 0.1) is 6.92 Å². The fourth-order valence-electron chi connectivity index (χ4n) is 2.74. The van der Waals surface area contributed by atoms with Crippen LogP contribution in [-0.4, -0.2) is 20.6 Å². The van der Waals surface area contributed by atoms with Crippen LogP contribution >= 0.6 is 0 Å². The van der Waals surface area contributed by atoms with Crippen molar-refractivity contribution in [2.45, 2.75) is 39.9 Å². The van der Waals surface area contributed by atoms with Crippen molar-refractivity contribution >= 4 is 5.91 Å². The molecule has 0 N–H and O–H groups in total. The molecule has 1 amide bonds. The smallest absolute Gasteiger partial charge is 0.257 e. The van der Waals surface area contributed by atoms with Crippen LogP contribution in [0.25, 0.3) is 0 Å². The number of amides is 1. The molecule has 4 nitrogen and oxygen atoms in total. The van der Waals surface area contributed by atoms with Crippen molar-refractivity contribution in [2.75, 3.05) is 0 Å². The van der Waals surface area contributed by atoms with Gasteiger partial charge in [-0.05, 0) is 24.5 Å². The van der Waals surface area contributed by atoms with E-state index in [0.29, 0.717) is 13.1 Å². The molecule has 0 bridgehead atoms. The number of nitrogens with zero attached hydrogens (tertiary/aromatic N) is 3. The van der Waals surface area contributed by atoms with Gasteiger partial charge >= 0.3 is 0 Å². The minimum Gasteiger partial charge on any atom is -0.330 e. The quantitative estimate of drug-likeness (QED) is 0.859. The lowest BCUT2D eigenvalue weighted by Gasteiger charge is -2.15. The number of benzene rings is 1. The molecule has 0 radical (unpaired) electrons. The molecule has 0 saturated heterocycles.